The molecule has 0 spiro atoms. The summed E-state index contributed by atoms with van der Waals surface area (Å²) in [4.78, 5) is 43.0. The number of nitrogens with zero attached hydrogens (tertiary/aromatic N) is 2. The maximum atomic E-state index is 13.5. The highest BCUT2D eigenvalue weighted by molar-refractivity contribution is 6.44. The summed E-state index contributed by atoms with van der Waals surface area (Å²) in [6.07, 6.45) is 0.659. The van der Waals surface area contributed by atoms with E-state index in [-0.39, 0.29) is 0 Å². The van der Waals surface area contributed by atoms with Crippen molar-refractivity contribution in [2.45, 2.75) is 19.4 Å². The predicted octanol–water partition coefficient (Wildman–Crippen LogP) is 4.21. The first kappa shape index (κ1) is 24.2. The average molecular weight is 477 g/mol. The molecule has 0 saturated carbocycles. The lowest BCUT2D eigenvalue weighted by atomic mass is 9.86. The Hall–Kier alpha value is -2.41. The Bertz CT molecular complexity index is 1050. The summed E-state index contributed by atoms with van der Waals surface area (Å²) in [5, 5.41) is 0.662. The van der Waals surface area contributed by atoms with Gasteiger partial charge in [0.25, 0.3) is 5.91 Å². The van der Waals surface area contributed by atoms with Crippen LogP contribution in [-0.4, -0.2) is 61.6 Å². The van der Waals surface area contributed by atoms with Gasteiger partial charge in [-0.25, -0.2) is 0 Å². The SMILES string of the molecule is COc1ccc(C(=O)C2C(=O)C(=O)N(CCCN(C)C)C2c2ccc(Cl)c(Cl)c2)cc1C. The monoisotopic (exact) mass is 476 g/mol. The van der Waals surface area contributed by atoms with Crippen LogP contribution >= 0.6 is 23.2 Å². The van der Waals surface area contributed by atoms with Gasteiger partial charge in [0.15, 0.2) is 5.78 Å². The van der Waals surface area contributed by atoms with E-state index in [4.69, 9.17) is 27.9 Å². The number of amides is 1. The number of halogens is 2. The largest absolute Gasteiger partial charge is 0.496 e. The minimum Gasteiger partial charge on any atom is -0.496 e. The molecule has 2 atom stereocenters. The minimum absolute atomic E-state index is 0.302. The molecule has 0 aliphatic carbocycles. The Labute approximate surface area is 198 Å². The van der Waals surface area contributed by atoms with Crippen LogP contribution in [0.5, 0.6) is 5.75 Å². The van der Waals surface area contributed by atoms with Crippen molar-refractivity contribution in [2.24, 2.45) is 5.92 Å². The smallest absolute Gasteiger partial charge is 0.291 e. The Morgan fingerprint density at radius 2 is 1.81 bits per heavy atom. The van der Waals surface area contributed by atoms with Crippen molar-refractivity contribution in [1.29, 1.82) is 0 Å². The number of likely N-dealkylation sites (tertiary alicyclic amines) is 1. The summed E-state index contributed by atoms with van der Waals surface area (Å²) >= 11 is 12.3. The zero-order valence-electron chi connectivity index (χ0n) is 18.5. The van der Waals surface area contributed by atoms with Gasteiger partial charge in [-0.3, -0.25) is 14.4 Å². The summed E-state index contributed by atoms with van der Waals surface area (Å²) < 4.78 is 5.27. The zero-order valence-corrected chi connectivity index (χ0v) is 20.0. The average Bonchev–Trinajstić information content (AvgIpc) is 3.00. The van der Waals surface area contributed by atoms with Crippen molar-refractivity contribution >= 4 is 40.7 Å². The van der Waals surface area contributed by atoms with Crippen molar-refractivity contribution in [1.82, 2.24) is 9.80 Å². The normalized spacial score (nSPS) is 18.5. The fourth-order valence-electron chi connectivity index (χ4n) is 4.06. The van der Waals surface area contributed by atoms with Crippen molar-refractivity contribution in [2.75, 3.05) is 34.3 Å². The fraction of sp³-hybridized carbons (Fsp3) is 0.375. The Balaban J connectivity index is 2.03. The van der Waals surface area contributed by atoms with Gasteiger partial charge in [-0.15, -0.1) is 0 Å². The van der Waals surface area contributed by atoms with Crippen molar-refractivity contribution in [3.8, 4) is 5.75 Å². The number of ketones is 2. The molecular formula is C24H26Cl2N2O4. The van der Waals surface area contributed by atoms with Gasteiger partial charge < -0.3 is 14.5 Å². The molecule has 6 nitrogen and oxygen atoms in total. The van der Waals surface area contributed by atoms with E-state index < -0.39 is 29.4 Å². The molecule has 1 aliphatic rings. The fourth-order valence-corrected chi connectivity index (χ4v) is 4.37. The number of aryl methyl sites for hydroxylation is 1. The molecule has 0 N–H and O–H groups in total. The molecule has 0 bridgehead atoms. The Morgan fingerprint density at radius 3 is 2.41 bits per heavy atom. The standard InChI is InChI=1S/C24H26Cl2N2O4/c1-14-12-16(7-9-19(14)32-4)22(29)20-21(15-6-8-17(25)18(26)13-15)28(24(31)23(20)30)11-5-10-27(2)3/h6-9,12-13,20-21H,5,10-11H2,1-4H3. The first-order chi connectivity index (χ1) is 15.1. The quantitative estimate of drug-likeness (QED) is 0.324. The second-order valence-corrected chi connectivity index (χ2v) is 8.98. The number of methoxy groups -OCH3 is 1. The first-order valence-corrected chi connectivity index (χ1v) is 11.0. The molecule has 1 saturated heterocycles. The summed E-state index contributed by atoms with van der Waals surface area (Å²) in [5.41, 5.74) is 1.73. The molecular weight excluding hydrogens is 451 g/mol. The Morgan fingerprint density at radius 1 is 1.09 bits per heavy atom. The van der Waals surface area contributed by atoms with Crippen LogP contribution in [-0.2, 0) is 9.59 Å². The third kappa shape index (κ3) is 4.82. The molecule has 2 aromatic rings. The van der Waals surface area contributed by atoms with E-state index in [2.05, 4.69) is 0 Å². The third-order valence-electron chi connectivity index (χ3n) is 5.66. The van der Waals surface area contributed by atoms with Gasteiger partial charge in [-0.05, 0) is 75.4 Å². The molecule has 8 heteroatoms. The third-order valence-corrected chi connectivity index (χ3v) is 6.40. The molecule has 0 aromatic heterocycles. The number of rotatable bonds is 8. The van der Waals surface area contributed by atoms with E-state index in [0.717, 1.165) is 12.1 Å². The van der Waals surface area contributed by atoms with Gasteiger partial charge in [0, 0.05) is 12.1 Å². The number of ether oxygens (including phenoxy) is 1. The van der Waals surface area contributed by atoms with E-state index in [1.54, 1.807) is 43.5 Å². The molecule has 1 heterocycles. The highest BCUT2D eigenvalue weighted by Crippen LogP contribution is 2.40. The number of hydrogen-bond acceptors (Lipinski definition) is 5. The molecule has 2 aromatic carbocycles. The number of carbonyl (C=O) groups excluding carboxylic acids is 3. The zero-order chi connectivity index (χ0) is 23.6. The molecule has 0 radical (unpaired) electrons. The maximum absolute atomic E-state index is 13.5. The van der Waals surface area contributed by atoms with Crippen LogP contribution in [0.2, 0.25) is 10.0 Å². The predicted molar refractivity (Wildman–Crippen MR) is 125 cm³/mol. The summed E-state index contributed by atoms with van der Waals surface area (Å²) in [5.74, 6) is -2.28. The number of Topliss-reactive ketones (excluding diaryl/α,β-unsaturated/α-hetero) is 2. The second kappa shape index (κ2) is 10.0. The highest BCUT2D eigenvalue weighted by atomic mass is 35.5. The van der Waals surface area contributed by atoms with Gasteiger partial charge in [0.05, 0.1) is 23.2 Å². The summed E-state index contributed by atoms with van der Waals surface area (Å²) in [6.45, 7) is 2.91. The minimum atomic E-state index is -1.16. The van der Waals surface area contributed by atoms with Crippen molar-refractivity contribution in [3.05, 3.63) is 63.1 Å². The topological polar surface area (TPSA) is 66.9 Å². The van der Waals surface area contributed by atoms with Gasteiger partial charge in [0.1, 0.15) is 11.7 Å². The number of hydrogen-bond donors (Lipinski definition) is 0. The molecule has 170 valence electrons. The van der Waals surface area contributed by atoms with Gasteiger partial charge in [-0.1, -0.05) is 29.3 Å². The Kier molecular flexibility index (Phi) is 7.59. The van der Waals surface area contributed by atoms with Crippen LogP contribution in [0, 0.1) is 12.8 Å². The van der Waals surface area contributed by atoms with Crippen LogP contribution in [0.1, 0.15) is 33.9 Å². The highest BCUT2D eigenvalue weighted by Gasteiger charge is 2.51. The second-order valence-electron chi connectivity index (χ2n) is 8.16. The van der Waals surface area contributed by atoms with E-state index in [9.17, 15) is 14.4 Å². The number of benzene rings is 2. The molecule has 1 aliphatic heterocycles. The van der Waals surface area contributed by atoms with Gasteiger partial charge in [-0.2, -0.15) is 0 Å². The van der Waals surface area contributed by atoms with E-state index >= 15 is 0 Å². The van der Waals surface area contributed by atoms with E-state index in [0.29, 0.717) is 39.9 Å². The van der Waals surface area contributed by atoms with Crippen LogP contribution in [0.4, 0.5) is 0 Å². The first-order valence-electron chi connectivity index (χ1n) is 10.3. The van der Waals surface area contributed by atoms with Crippen LogP contribution in [0.3, 0.4) is 0 Å². The van der Waals surface area contributed by atoms with Crippen LogP contribution in [0.15, 0.2) is 36.4 Å². The van der Waals surface area contributed by atoms with Gasteiger partial charge in [0.2, 0.25) is 5.78 Å². The van der Waals surface area contributed by atoms with Crippen molar-refractivity contribution in [3.63, 3.8) is 0 Å². The lowest BCUT2D eigenvalue weighted by molar-refractivity contribution is -0.140. The van der Waals surface area contributed by atoms with Crippen molar-refractivity contribution < 1.29 is 19.1 Å². The van der Waals surface area contributed by atoms with Crippen LogP contribution in [0.25, 0.3) is 0 Å². The van der Waals surface area contributed by atoms with E-state index in [1.807, 2.05) is 25.9 Å². The van der Waals surface area contributed by atoms with Crippen LogP contribution < -0.4 is 4.74 Å². The van der Waals surface area contributed by atoms with E-state index in [1.165, 1.54) is 4.90 Å². The molecule has 3 rings (SSSR count). The lowest BCUT2D eigenvalue weighted by Crippen LogP contribution is -2.33. The summed E-state index contributed by atoms with van der Waals surface area (Å²) in [7, 11) is 5.42. The lowest BCUT2D eigenvalue weighted by Gasteiger charge is -2.28. The molecule has 32 heavy (non-hydrogen) atoms. The summed E-state index contributed by atoms with van der Waals surface area (Å²) in [6, 6.07) is 9.19. The molecule has 1 amide bonds. The molecule has 1 fully saturated rings. The van der Waals surface area contributed by atoms with Gasteiger partial charge >= 0.3 is 0 Å². The maximum Gasteiger partial charge on any atom is 0.291 e. The number of carbonyl (C=O) groups is 3. The molecule has 2 unspecified atom stereocenters.